The summed E-state index contributed by atoms with van der Waals surface area (Å²) in [6.45, 7) is 9.04. The highest BCUT2D eigenvalue weighted by molar-refractivity contribution is 5.89. The summed E-state index contributed by atoms with van der Waals surface area (Å²) >= 11 is 0. The SMILES string of the molecule is CCC(CCO)NC(=O)C(C)NC(=O)C(C)(C)C. The van der Waals surface area contributed by atoms with Gasteiger partial charge in [0, 0.05) is 18.1 Å². The molecule has 0 aliphatic rings. The van der Waals surface area contributed by atoms with Gasteiger partial charge in [-0.05, 0) is 19.8 Å². The normalized spacial score (nSPS) is 14.8. The van der Waals surface area contributed by atoms with Crippen LogP contribution < -0.4 is 10.6 Å². The zero-order valence-electron chi connectivity index (χ0n) is 12.0. The van der Waals surface area contributed by atoms with Gasteiger partial charge in [-0.1, -0.05) is 27.7 Å². The molecule has 0 rings (SSSR count). The van der Waals surface area contributed by atoms with Gasteiger partial charge in [-0.25, -0.2) is 0 Å². The third kappa shape index (κ3) is 6.00. The molecule has 3 N–H and O–H groups in total. The van der Waals surface area contributed by atoms with Crippen LogP contribution in [0.4, 0.5) is 0 Å². The van der Waals surface area contributed by atoms with E-state index in [1.165, 1.54) is 0 Å². The summed E-state index contributed by atoms with van der Waals surface area (Å²) in [6.07, 6.45) is 1.29. The van der Waals surface area contributed by atoms with Gasteiger partial charge in [-0.3, -0.25) is 9.59 Å². The molecule has 106 valence electrons. The molecule has 0 aliphatic heterocycles. The molecule has 0 aromatic rings. The predicted octanol–water partition coefficient (Wildman–Crippen LogP) is 0.814. The molecule has 0 saturated heterocycles. The summed E-state index contributed by atoms with van der Waals surface area (Å²) in [4.78, 5) is 23.6. The predicted molar refractivity (Wildman–Crippen MR) is 71.0 cm³/mol. The summed E-state index contributed by atoms with van der Waals surface area (Å²) in [5.74, 6) is -0.367. The van der Waals surface area contributed by atoms with E-state index in [1.807, 2.05) is 6.92 Å². The Morgan fingerprint density at radius 1 is 1.22 bits per heavy atom. The van der Waals surface area contributed by atoms with Crippen molar-refractivity contribution in [2.24, 2.45) is 5.41 Å². The molecule has 0 aromatic heterocycles. The van der Waals surface area contributed by atoms with Gasteiger partial charge in [-0.15, -0.1) is 0 Å². The van der Waals surface area contributed by atoms with E-state index in [4.69, 9.17) is 5.11 Å². The second-order valence-corrected chi connectivity index (χ2v) is 5.57. The first-order valence-corrected chi connectivity index (χ1v) is 6.44. The smallest absolute Gasteiger partial charge is 0.242 e. The lowest BCUT2D eigenvalue weighted by Gasteiger charge is -2.23. The van der Waals surface area contributed by atoms with Crippen LogP contribution in [-0.4, -0.2) is 35.6 Å². The third-order valence-corrected chi connectivity index (χ3v) is 2.74. The minimum atomic E-state index is -0.565. The number of carbonyl (C=O) groups excluding carboxylic acids is 2. The number of aliphatic hydroxyl groups is 1. The summed E-state index contributed by atoms with van der Waals surface area (Å²) in [6, 6.07) is -0.610. The number of hydrogen-bond donors (Lipinski definition) is 3. The molecule has 0 aliphatic carbocycles. The van der Waals surface area contributed by atoms with Gasteiger partial charge in [0.1, 0.15) is 6.04 Å². The van der Waals surface area contributed by atoms with Gasteiger partial charge in [0.25, 0.3) is 0 Å². The van der Waals surface area contributed by atoms with Crippen molar-refractivity contribution >= 4 is 11.8 Å². The Kier molecular flexibility index (Phi) is 6.91. The molecule has 2 amide bonds. The van der Waals surface area contributed by atoms with E-state index in [0.717, 1.165) is 6.42 Å². The highest BCUT2D eigenvalue weighted by Crippen LogP contribution is 2.12. The molecular weight excluding hydrogens is 232 g/mol. The number of nitrogens with one attached hydrogen (secondary N) is 2. The highest BCUT2D eigenvalue weighted by Gasteiger charge is 2.25. The second kappa shape index (κ2) is 7.36. The van der Waals surface area contributed by atoms with Crippen molar-refractivity contribution in [1.29, 1.82) is 0 Å². The van der Waals surface area contributed by atoms with E-state index in [2.05, 4.69) is 10.6 Å². The van der Waals surface area contributed by atoms with Crippen molar-refractivity contribution in [1.82, 2.24) is 10.6 Å². The largest absolute Gasteiger partial charge is 0.396 e. The molecule has 5 nitrogen and oxygen atoms in total. The van der Waals surface area contributed by atoms with Gasteiger partial charge in [0.05, 0.1) is 0 Å². The zero-order valence-corrected chi connectivity index (χ0v) is 12.0. The van der Waals surface area contributed by atoms with E-state index in [-0.39, 0.29) is 24.5 Å². The van der Waals surface area contributed by atoms with Crippen molar-refractivity contribution in [2.45, 2.75) is 59.5 Å². The Balaban J connectivity index is 4.30. The number of rotatable bonds is 6. The van der Waals surface area contributed by atoms with Crippen LogP contribution in [0.3, 0.4) is 0 Å². The van der Waals surface area contributed by atoms with Crippen molar-refractivity contribution < 1.29 is 14.7 Å². The summed E-state index contributed by atoms with van der Waals surface area (Å²) in [7, 11) is 0. The first-order chi connectivity index (χ1) is 8.22. The van der Waals surface area contributed by atoms with Crippen LogP contribution >= 0.6 is 0 Å². The number of hydrogen-bond acceptors (Lipinski definition) is 3. The average Bonchev–Trinajstić information content (AvgIpc) is 2.26. The van der Waals surface area contributed by atoms with Crippen LogP contribution in [0.1, 0.15) is 47.5 Å². The van der Waals surface area contributed by atoms with E-state index < -0.39 is 11.5 Å². The van der Waals surface area contributed by atoms with Gasteiger partial charge >= 0.3 is 0 Å². The van der Waals surface area contributed by atoms with Gasteiger partial charge < -0.3 is 15.7 Å². The van der Waals surface area contributed by atoms with E-state index in [1.54, 1.807) is 27.7 Å². The lowest BCUT2D eigenvalue weighted by atomic mass is 9.95. The molecule has 0 saturated carbocycles. The average molecular weight is 258 g/mol. The Bertz CT molecular complexity index is 284. The van der Waals surface area contributed by atoms with Crippen LogP contribution in [0.25, 0.3) is 0 Å². The van der Waals surface area contributed by atoms with Gasteiger partial charge in [0.2, 0.25) is 11.8 Å². The minimum absolute atomic E-state index is 0.0432. The molecule has 0 radical (unpaired) electrons. The van der Waals surface area contributed by atoms with E-state index in [9.17, 15) is 9.59 Å². The van der Waals surface area contributed by atoms with Crippen molar-refractivity contribution in [3.05, 3.63) is 0 Å². The van der Waals surface area contributed by atoms with Crippen LogP contribution in [0, 0.1) is 5.41 Å². The Morgan fingerprint density at radius 3 is 2.17 bits per heavy atom. The van der Waals surface area contributed by atoms with Gasteiger partial charge in [0.15, 0.2) is 0 Å². The van der Waals surface area contributed by atoms with Crippen LogP contribution in [0.15, 0.2) is 0 Å². The number of amides is 2. The minimum Gasteiger partial charge on any atom is -0.396 e. The van der Waals surface area contributed by atoms with Gasteiger partial charge in [-0.2, -0.15) is 0 Å². The van der Waals surface area contributed by atoms with Crippen molar-refractivity contribution in [2.75, 3.05) is 6.61 Å². The molecule has 18 heavy (non-hydrogen) atoms. The molecule has 0 heterocycles. The molecule has 0 bridgehead atoms. The summed E-state index contributed by atoms with van der Waals surface area (Å²) < 4.78 is 0. The van der Waals surface area contributed by atoms with Crippen molar-refractivity contribution in [3.8, 4) is 0 Å². The first-order valence-electron chi connectivity index (χ1n) is 6.44. The monoisotopic (exact) mass is 258 g/mol. The third-order valence-electron chi connectivity index (χ3n) is 2.74. The topological polar surface area (TPSA) is 78.4 Å². The quantitative estimate of drug-likeness (QED) is 0.660. The summed E-state index contributed by atoms with van der Waals surface area (Å²) in [5, 5.41) is 14.3. The molecule has 0 aromatic carbocycles. The maximum atomic E-state index is 11.8. The highest BCUT2D eigenvalue weighted by atomic mass is 16.3. The summed E-state index contributed by atoms with van der Waals surface area (Å²) in [5.41, 5.74) is -0.510. The molecule has 2 atom stereocenters. The maximum absolute atomic E-state index is 11.8. The number of aliphatic hydroxyl groups excluding tert-OH is 1. The van der Waals surface area contributed by atoms with Crippen LogP contribution in [-0.2, 0) is 9.59 Å². The maximum Gasteiger partial charge on any atom is 0.242 e. The fraction of sp³-hybridized carbons (Fsp3) is 0.846. The number of carbonyl (C=O) groups is 2. The van der Waals surface area contributed by atoms with E-state index in [0.29, 0.717) is 6.42 Å². The van der Waals surface area contributed by atoms with Crippen LogP contribution in [0.5, 0.6) is 0 Å². The fourth-order valence-corrected chi connectivity index (χ4v) is 1.34. The standard InChI is InChI=1S/C13H26N2O3/c1-6-10(7-8-16)15-11(17)9(2)14-12(18)13(3,4)5/h9-10,16H,6-8H2,1-5H3,(H,14,18)(H,15,17). The zero-order chi connectivity index (χ0) is 14.3. The second-order valence-electron chi connectivity index (χ2n) is 5.57. The Morgan fingerprint density at radius 2 is 1.78 bits per heavy atom. The fourth-order valence-electron chi connectivity index (χ4n) is 1.34. The Hall–Kier alpha value is -1.10. The molecule has 0 spiro atoms. The molecule has 2 unspecified atom stereocenters. The molecular formula is C13H26N2O3. The lowest BCUT2D eigenvalue weighted by Crippen LogP contribution is -2.50. The van der Waals surface area contributed by atoms with Crippen molar-refractivity contribution in [3.63, 3.8) is 0 Å². The first kappa shape index (κ1) is 16.9. The van der Waals surface area contributed by atoms with E-state index >= 15 is 0 Å². The molecule has 5 heteroatoms. The lowest BCUT2D eigenvalue weighted by molar-refractivity contribution is -0.133. The molecule has 0 fully saturated rings. The Labute approximate surface area is 109 Å². The van der Waals surface area contributed by atoms with Crippen LogP contribution in [0.2, 0.25) is 0 Å².